The molecule has 0 aliphatic heterocycles. The second kappa shape index (κ2) is 5.64. The monoisotopic (exact) mass is 287 g/mol. The number of hydrogen-bond acceptors (Lipinski definition) is 2. The number of fused-ring (bicyclic) bond motifs is 1. The first-order valence-corrected chi connectivity index (χ1v) is 8.57. The van der Waals surface area contributed by atoms with Gasteiger partial charge in [0.2, 0.25) is 0 Å². The molecule has 0 bridgehead atoms. The fraction of sp³-hybridized carbons (Fsp3) is 0.684. The molecule has 1 saturated carbocycles. The third-order valence-electron chi connectivity index (χ3n) is 5.76. The summed E-state index contributed by atoms with van der Waals surface area (Å²) in [4.78, 5) is 0. The van der Waals surface area contributed by atoms with Crippen molar-refractivity contribution in [1.29, 1.82) is 0 Å². The second-order valence-corrected chi connectivity index (χ2v) is 7.04. The van der Waals surface area contributed by atoms with Crippen molar-refractivity contribution in [1.82, 2.24) is 0 Å². The maximum atomic E-state index is 6.88. The number of benzene rings is 1. The van der Waals surface area contributed by atoms with Crippen LogP contribution in [0.3, 0.4) is 0 Å². The summed E-state index contributed by atoms with van der Waals surface area (Å²) in [5, 5.41) is 0. The van der Waals surface area contributed by atoms with Gasteiger partial charge >= 0.3 is 0 Å². The van der Waals surface area contributed by atoms with Crippen molar-refractivity contribution in [2.75, 3.05) is 7.11 Å². The van der Waals surface area contributed by atoms with Gasteiger partial charge in [-0.25, -0.2) is 0 Å². The summed E-state index contributed by atoms with van der Waals surface area (Å²) in [5.41, 5.74) is 13.9. The molecule has 1 fully saturated rings. The van der Waals surface area contributed by atoms with Crippen molar-refractivity contribution in [2.45, 2.75) is 77.2 Å². The zero-order chi connectivity index (χ0) is 15.0. The molecule has 1 aromatic rings. The molecule has 0 atom stereocenters. The highest BCUT2D eigenvalue weighted by Gasteiger charge is 2.36. The lowest BCUT2D eigenvalue weighted by Crippen LogP contribution is -2.40. The van der Waals surface area contributed by atoms with E-state index in [1.54, 1.807) is 11.1 Å². The molecule has 2 aliphatic carbocycles. The molecule has 21 heavy (non-hydrogen) atoms. The Balaban J connectivity index is 2.21. The van der Waals surface area contributed by atoms with E-state index in [0.29, 0.717) is 0 Å². The maximum Gasteiger partial charge on any atom is 0.127 e. The molecule has 116 valence electrons. The SMILES string of the molecule is COc1c(C)c2c(c(C)c1C1(N)CCCCC1)CCCC2. The van der Waals surface area contributed by atoms with Gasteiger partial charge in [0.05, 0.1) is 7.11 Å². The van der Waals surface area contributed by atoms with Crippen LogP contribution >= 0.6 is 0 Å². The van der Waals surface area contributed by atoms with Crippen LogP contribution in [0.1, 0.15) is 72.8 Å². The molecule has 2 heteroatoms. The summed E-state index contributed by atoms with van der Waals surface area (Å²) in [7, 11) is 1.81. The zero-order valence-electron chi connectivity index (χ0n) is 13.8. The predicted octanol–water partition coefficient (Wildman–Crippen LogP) is 4.31. The van der Waals surface area contributed by atoms with Gasteiger partial charge in [-0.05, 0) is 74.6 Å². The molecule has 0 amide bonds. The van der Waals surface area contributed by atoms with E-state index in [1.165, 1.54) is 61.6 Å². The Morgan fingerprint density at radius 1 is 0.857 bits per heavy atom. The Labute approximate surface area is 129 Å². The zero-order valence-corrected chi connectivity index (χ0v) is 13.8. The van der Waals surface area contributed by atoms with Crippen molar-refractivity contribution >= 4 is 0 Å². The summed E-state index contributed by atoms with van der Waals surface area (Å²) in [6, 6.07) is 0. The number of rotatable bonds is 2. The minimum atomic E-state index is -0.176. The van der Waals surface area contributed by atoms with Crippen molar-refractivity contribution in [3.63, 3.8) is 0 Å². The topological polar surface area (TPSA) is 35.2 Å². The molecular weight excluding hydrogens is 258 g/mol. The van der Waals surface area contributed by atoms with E-state index >= 15 is 0 Å². The molecule has 1 aromatic carbocycles. The number of ether oxygens (including phenoxy) is 1. The fourth-order valence-corrected chi connectivity index (χ4v) is 4.67. The van der Waals surface area contributed by atoms with Crippen molar-refractivity contribution in [3.05, 3.63) is 27.8 Å². The minimum Gasteiger partial charge on any atom is -0.496 e. The van der Waals surface area contributed by atoms with E-state index in [9.17, 15) is 0 Å². The van der Waals surface area contributed by atoms with E-state index in [4.69, 9.17) is 10.5 Å². The van der Waals surface area contributed by atoms with Crippen LogP contribution in [0.5, 0.6) is 5.75 Å². The van der Waals surface area contributed by atoms with E-state index in [0.717, 1.165) is 18.6 Å². The van der Waals surface area contributed by atoms with Crippen molar-refractivity contribution < 1.29 is 4.74 Å². The van der Waals surface area contributed by atoms with Crippen LogP contribution < -0.4 is 10.5 Å². The molecule has 0 unspecified atom stereocenters. The summed E-state index contributed by atoms with van der Waals surface area (Å²) >= 11 is 0. The van der Waals surface area contributed by atoms with E-state index in [2.05, 4.69) is 13.8 Å². The van der Waals surface area contributed by atoms with Crippen molar-refractivity contribution in [3.8, 4) is 5.75 Å². The van der Waals surface area contributed by atoms with Gasteiger partial charge < -0.3 is 10.5 Å². The Morgan fingerprint density at radius 3 is 2.00 bits per heavy atom. The molecule has 0 saturated heterocycles. The molecule has 2 N–H and O–H groups in total. The van der Waals surface area contributed by atoms with E-state index in [-0.39, 0.29) is 5.54 Å². The summed E-state index contributed by atoms with van der Waals surface area (Å²) in [6.07, 6.45) is 11.1. The summed E-state index contributed by atoms with van der Waals surface area (Å²) < 4.78 is 5.86. The molecule has 3 rings (SSSR count). The Hall–Kier alpha value is -1.02. The lowest BCUT2D eigenvalue weighted by Gasteiger charge is -2.38. The van der Waals surface area contributed by atoms with Gasteiger partial charge in [-0.3, -0.25) is 0 Å². The summed E-state index contributed by atoms with van der Waals surface area (Å²) in [5.74, 6) is 1.08. The Kier molecular flexibility index (Phi) is 4.00. The third kappa shape index (κ3) is 2.38. The van der Waals surface area contributed by atoms with Gasteiger partial charge in [-0.2, -0.15) is 0 Å². The molecule has 0 aromatic heterocycles. The largest absolute Gasteiger partial charge is 0.496 e. The minimum absolute atomic E-state index is 0.176. The predicted molar refractivity (Wildman–Crippen MR) is 88.1 cm³/mol. The molecular formula is C19H29NO. The van der Waals surface area contributed by atoms with Crippen LogP contribution in [0.2, 0.25) is 0 Å². The highest BCUT2D eigenvalue weighted by molar-refractivity contribution is 5.58. The van der Waals surface area contributed by atoms with Crippen LogP contribution in [0.25, 0.3) is 0 Å². The lowest BCUT2D eigenvalue weighted by atomic mass is 9.72. The quantitative estimate of drug-likeness (QED) is 0.879. The van der Waals surface area contributed by atoms with Crippen LogP contribution in [0, 0.1) is 13.8 Å². The molecule has 2 nitrogen and oxygen atoms in total. The van der Waals surface area contributed by atoms with E-state index < -0.39 is 0 Å². The first kappa shape index (κ1) is 14.9. The fourth-order valence-electron chi connectivity index (χ4n) is 4.67. The smallest absolute Gasteiger partial charge is 0.127 e. The Bertz CT molecular complexity index is 541. The lowest BCUT2D eigenvalue weighted by molar-refractivity contribution is 0.286. The first-order valence-electron chi connectivity index (χ1n) is 8.57. The standard InChI is InChI=1S/C19H29NO/c1-13-15-9-5-6-10-16(15)14(2)18(21-3)17(13)19(20)11-7-4-8-12-19/h4-12,20H2,1-3H3. The number of hydrogen-bond donors (Lipinski definition) is 1. The second-order valence-electron chi connectivity index (χ2n) is 7.04. The Morgan fingerprint density at radius 2 is 1.43 bits per heavy atom. The van der Waals surface area contributed by atoms with Gasteiger partial charge in [-0.15, -0.1) is 0 Å². The van der Waals surface area contributed by atoms with Gasteiger partial charge in [-0.1, -0.05) is 19.3 Å². The first-order chi connectivity index (χ1) is 10.1. The molecule has 2 aliphatic rings. The van der Waals surface area contributed by atoms with Gasteiger partial charge in [0.15, 0.2) is 0 Å². The summed E-state index contributed by atoms with van der Waals surface area (Å²) in [6.45, 7) is 4.52. The maximum absolute atomic E-state index is 6.88. The van der Waals surface area contributed by atoms with Crippen LogP contribution in [-0.2, 0) is 18.4 Å². The average Bonchev–Trinajstić information content (AvgIpc) is 2.51. The highest BCUT2D eigenvalue weighted by atomic mass is 16.5. The van der Waals surface area contributed by atoms with Crippen LogP contribution in [0.15, 0.2) is 0 Å². The number of methoxy groups -OCH3 is 1. The van der Waals surface area contributed by atoms with Gasteiger partial charge in [0.25, 0.3) is 0 Å². The van der Waals surface area contributed by atoms with Crippen LogP contribution in [0.4, 0.5) is 0 Å². The number of nitrogens with two attached hydrogens (primary N) is 1. The van der Waals surface area contributed by atoms with Crippen molar-refractivity contribution in [2.24, 2.45) is 5.73 Å². The average molecular weight is 287 g/mol. The molecule has 0 heterocycles. The molecule has 0 radical (unpaired) electrons. The highest BCUT2D eigenvalue weighted by Crippen LogP contribution is 2.46. The van der Waals surface area contributed by atoms with E-state index in [1.807, 2.05) is 7.11 Å². The van der Waals surface area contributed by atoms with Crippen LogP contribution in [-0.4, -0.2) is 7.11 Å². The third-order valence-corrected chi connectivity index (χ3v) is 5.76. The van der Waals surface area contributed by atoms with Gasteiger partial charge in [0.1, 0.15) is 5.75 Å². The normalized spacial score (nSPS) is 21.0. The molecule has 0 spiro atoms. The van der Waals surface area contributed by atoms with Gasteiger partial charge in [0, 0.05) is 11.1 Å².